The zero-order valence-corrected chi connectivity index (χ0v) is 10.3. The highest BCUT2D eigenvalue weighted by atomic mass is 19.1. The summed E-state index contributed by atoms with van der Waals surface area (Å²) in [4.78, 5) is 0. The molecule has 0 aliphatic carbocycles. The SMILES string of the molecule is Cc1cc(F)cc(NC(C)(CO)C(C)C)c1. The van der Waals surface area contributed by atoms with Gasteiger partial charge in [-0.15, -0.1) is 0 Å². The van der Waals surface area contributed by atoms with E-state index in [0.29, 0.717) is 5.69 Å². The molecule has 0 aromatic heterocycles. The van der Waals surface area contributed by atoms with Gasteiger partial charge >= 0.3 is 0 Å². The third-order valence-corrected chi connectivity index (χ3v) is 3.07. The average Bonchev–Trinajstić information content (AvgIpc) is 2.15. The molecular weight excluding hydrogens is 205 g/mol. The van der Waals surface area contributed by atoms with Gasteiger partial charge in [0.25, 0.3) is 0 Å². The summed E-state index contributed by atoms with van der Waals surface area (Å²) in [5.41, 5.74) is 1.15. The zero-order valence-electron chi connectivity index (χ0n) is 10.3. The van der Waals surface area contributed by atoms with Crippen LogP contribution in [0.4, 0.5) is 10.1 Å². The van der Waals surface area contributed by atoms with Gasteiger partial charge in [0.15, 0.2) is 0 Å². The monoisotopic (exact) mass is 225 g/mol. The summed E-state index contributed by atoms with van der Waals surface area (Å²) in [6.07, 6.45) is 0. The van der Waals surface area contributed by atoms with Crippen LogP contribution >= 0.6 is 0 Å². The quantitative estimate of drug-likeness (QED) is 0.825. The lowest BCUT2D eigenvalue weighted by atomic mass is 9.89. The van der Waals surface area contributed by atoms with Crippen LogP contribution in [0.15, 0.2) is 18.2 Å². The molecule has 0 bridgehead atoms. The summed E-state index contributed by atoms with van der Waals surface area (Å²) < 4.78 is 13.2. The molecule has 1 atom stereocenters. The molecule has 2 nitrogen and oxygen atoms in total. The van der Waals surface area contributed by atoms with Crippen LogP contribution in [0.2, 0.25) is 0 Å². The number of rotatable bonds is 4. The smallest absolute Gasteiger partial charge is 0.125 e. The van der Waals surface area contributed by atoms with Crippen LogP contribution in [0.5, 0.6) is 0 Å². The fraction of sp³-hybridized carbons (Fsp3) is 0.538. The van der Waals surface area contributed by atoms with Crippen LogP contribution < -0.4 is 5.32 Å². The minimum Gasteiger partial charge on any atom is -0.394 e. The molecule has 0 radical (unpaired) electrons. The summed E-state index contributed by atoms with van der Waals surface area (Å²) in [5, 5.41) is 12.6. The zero-order chi connectivity index (χ0) is 12.3. The number of hydrogen-bond donors (Lipinski definition) is 2. The van der Waals surface area contributed by atoms with E-state index in [2.05, 4.69) is 5.32 Å². The standard InChI is InChI=1S/C13H20FNO/c1-9(2)13(4,8-16)15-12-6-10(3)5-11(14)7-12/h5-7,9,15-16H,8H2,1-4H3. The lowest BCUT2D eigenvalue weighted by molar-refractivity contribution is 0.186. The summed E-state index contributed by atoms with van der Waals surface area (Å²) in [6.45, 7) is 7.84. The molecule has 1 rings (SSSR count). The number of aliphatic hydroxyl groups is 1. The van der Waals surface area contributed by atoms with E-state index >= 15 is 0 Å². The Balaban J connectivity index is 2.94. The Morgan fingerprint density at radius 3 is 2.44 bits per heavy atom. The molecule has 1 aromatic carbocycles. The maximum atomic E-state index is 13.2. The van der Waals surface area contributed by atoms with Gasteiger partial charge in [0.05, 0.1) is 12.1 Å². The Kier molecular flexibility index (Phi) is 3.92. The van der Waals surface area contributed by atoms with Gasteiger partial charge in [0.1, 0.15) is 5.82 Å². The van der Waals surface area contributed by atoms with Gasteiger partial charge in [-0.3, -0.25) is 0 Å². The molecule has 0 spiro atoms. The van der Waals surface area contributed by atoms with Crippen LogP contribution in [0.3, 0.4) is 0 Å². The fourth-order valence-corrected chi connectivity index (χ4v) is 1.50. The first-order valence-electron chi connectivity index (χ1n) is 5.53. The Hall–Kier alpha value is -1.09. The van der Waals surface area contributed by atoms with Crippen LogP contribution in [0.1, 0.15) is 26.3 Å². The van der Waals surface area contributed by atoms with Crippen LogP contribution in [-0.4, -0.2) is 17.3 Å². The predicted molar refractivity (Wildman–Crippen MR) is 65.1 cm³/mol. The summed E-state index contributed by atoms with van der Waals surface area (Å²) in [5.74, 6) is -0.00683. The number of nitrogens with one attached hydrogen (secondary N) is 1. The molecule has 2 N–H and O–H groups in total. The summed E-state index contributed by atoms with van der Waals surface area (Å²) in [7, 11) is 0. The summed E-state index contributed by atoms with van der Waals surface area (Å²) in [6, 6.07) is 4.81. The number of anilines is 1. The Morgan fingerprint density at radius 1 is 1.38 bits per heavy atom. The maximum Gasteiger partial charge on any atom is 0.125 e. The lowest BCUT2D eigenvalue weighted by Crippen LogP contribution is -2.43. The number of halogens is 1. The molecule has 0 heterocycles. The highest BCUT2D eigenvalue weighted by Gasteiger charge is 2.27. The number of hydrogen-bond acceptors (Lipinski definition) is 2. The minimum absolute atomic E-state index is 0.0141. The van der Waals surface area contributed by atoms with Gasteiger partial charge in [-0.1, -0.05) is 13.8 Å². The largest absolute Gasteiger partial charge is 0.394 e. The number of aryl methyl sites for hydroxylation is 1. The third-order valence-electron chi connectivity index (χ3n) is 3.07. The molecule has 0 aliphatic rings. The van der Waals surface area contributed by atoms with Crippen molar-refractivity contribution in [3.05, 3.63) is 29.6 Å². The first kappa shape index (κ1) is 13.0. The van der Waals surface area contributed by atoms with Crippen molar-refractivity contribution >= 4 is 5.69 Å². The van der Waals surface area contributed by atoms with Crippen molar-refractivity contribution in [2.45, 2.75) is 33.2 Å². The molecular formula is C13H20FNO. The van der Waals surface area contributed by atoms with E-state index in [9.17, 15) is 9.50 Å². The van der Waals surface area contributed by atoms with Crippen LogP contribution in [0.25, 0.3) is 0 Å². The highest BCUT2D eigenvalue weighted by molar-refractivity contribution is 5.48. The van der Waals surface area contributed by atoms with Gasteiger partial charge in [0, 0.05) is 5.69 Å². The molecule has 0 aliphatic heterocycles. The lowest BCUT2D eigenvalue weighted by Gasteiger charge is -2.34. The predicted octanol–water partition coefficient (Wildman–Crippen LogP) is 2.95. The van der Waals surface area contributed by atoms with Crippen molar-refractivity contribution in [2.75, 3.05) is 11.9 Å². The van der Waals surface area contributed by atoms with E-state index in [1.54, 1.807) is 0 Å². The van der Waals surface area contributed by atoms with E-state index in [1.807, 2.05) is 33.8 Å². The van der Waals surface area contributed by atoms with Crippen LogP contribution in [0, 0.1) is 18.7 Å². The number of benzene rings is 1. The van der Waals surface area contributed by atoms with Crippen molar-refractivity contribution < 1.29 is 9.50 Å². The first-order valence-corrected chi connectivity index (χ1v) is 5.53. The van der Waals surface area contributed by atoms with Gasteiger partial charge in [0.2, 0.25) is 0 Å². The second-order valence-corrected chi connectivity index (χ2v) is 4.87. The Morgan fingerprint density at radius 2 is 2.00 bits per heavy atom. The van der Waals surface area contributed by atoms with Crippen molar-refractivity contribution in [1.82, 2.24) is 0 Å². The van der Waals surface area contributed by atoms with E-state index < -0.39 is 5.54 Å². The van der Waals surface area contributed by atoms with E-state index in [0.717, 1.165) is 5.56 Å². The molecule has 3 heteroatoms. The van der Waals surface area contributed by atoms with Gasteiger partial charge in [-0.05, 0) is 43.5 Å². The Labute approximate surface area is 96.5 Å². The highest BCUT2D eigenvalue weighted by Crippen LogP contribution is 2.23. The van der Waals surface area contributed by atoms with Crippen molar-refractivity contribution in [2.24, 2.45) is 5.92 Å². The number of aliphatic hydroxyl groups excluding tert-OH is 1. The van der Waals surface area contributed by atoms with Crippen molar-refractivity contribution in [3.63, 3.8) is 0 Å². The fourth-order valence-electron chi connectivity index (χ4n) is 1.50. The molecule has 1 unspecified atom stereocenters. The first-order chi connectivity index (χ1) is 7.37. The van der Waals surface area contributed by atoms with E-state index in [1.165, 1.54) is 12.1 Å². The van der Waals surface area contributed by atoms with Crippen molar-refractivity contribution in [1.29, 1.82) is 0 Å². The van der Waals surface area contributed by atoms with E-state index in [-0.39, 0.29) is 18.3 Å². The summed E-state index contributed by atoms with van der Waals surface area (Å²) >= 11 is 0. The second-order valence-electron chi connectivity index (χ2n) is 4.87. The molecule has 0 fully saturated rings. The average molecular weight is 225 g/mol. The second kappa shape index (κ2) is 4.83. The maximum absolute atomic E-state index is 13.2. The van der Waals surface area contributed by atoms with Gasteiger partial charge in [-0.25, -0.2) is 4.39 Å². The van der Waals surface area contributed by atoms with Gasteiger partial charge in [-0.2, -0.15) is 0 Å². The third kappa shape index (κ3) is 2.95. The Bertz CT molecular complexity index is 345. The normalized spacial score (nSPS) is 14.9. The minimum atomic E-state index is -0.430. The van der Waals surface area contributed by atoms with Gasteiger partial charge < -0.3 is 10.4 Å². The molecule has 0 amide bonds. The molecule has 90 valence electrons. The van der Waals surface area contributed by atoms with E-state index in [4.69, 9.17) is 0 Å². The molecule has 1 aromatic rings. The molecule has 0 saturated heterocycles. The molecule has 16 heavy (non-hydrogen) atoms. The van der Waals surface area contributed by atoms with Crippen molar-refractivity contribution in [3.8, 4) is 0 Å². The molecule has 0 saturated carbocycles. The topological polar surface area (TPSA) is 32.3 Å². The van der Waals surface area contributed by atoms with Crippen LogP contribution in [-0.2, 0) is 0 Å².